The molecule has 0 aliphatic carbocycles. The summed E-state index contributed by atoms with van der Waals surface area (Å²) in [6.45, 7) is 8.58. The van der Waals surface area contributed by atoms with Gasteiger partial charge in [-0.25, -0.2) is 0 Å². The van der Waals surface area contributed by atoms with E-state index >= 15 is 0 Å². The van der Waals surface area contributed by atoms with Crippen LogP contribution in [-0.4, -0.2) is 35.9 Å². The molecule has 0 radical (unpaired) electrons. The van der Waals surface area contributed by atoms with Gasteiger partial charge in [-0.3, -0.25) is 9.59 Å². The van der Waals surface area contributed by atoms with Crippen LogP contribution < -0.4 is 10.1 Å². The van der Waals surface area contributed by atoms with E-state index in [2.05, 4.69) is 5.32 Å². The van der Waals surface area contributed by atoms with Gasteiger partial charge in [0.15, 0.2) is 6.61 Å². The van der Waals surface area contributed by atoms with E-state index in [1.807, 2.05) is 69.3 Å². The van der Waals surface area contributed by atoms with Gasteiger partial charge in [0, 0.05) is 13.1 Å². The zero-order chi connectivity index (χ0) is 20.5. The van der Waals surface area contributed by atoms with Gasteiger partial charge in [0.05, 0.1) is 0 Å². The van der Waals surface area contributed by atoms with Crippen LogP contribution in [0.25, 0.3) is 0 Å². The minimum atomic E-state index is -0.584. The number of hydrogen-bond donors (Lipinski definition) is 1. The van der Waals surface area contributed by atoms with Crippen molar-refractivity contribution in [1.29, 1.82) is 0 Å². The van der Waals surface area contributed by atoms with E-state index in [4.69, 9.17) is 4.74 Å². The van der Waals surface area contributed by atoms with Crippen LogP contribution in [0, 0.1) is 13.8 Å². The van der Waals surface area contributed by atoms with Crippen molar-refractivity contribution < 1.29 is 14.3 Å². The first-order valence-electron chi connectivity index (χ1n) is 9.73. The molecule has 2 amide bonds. The highest BCUT2D eigenvalue weighted by molar-refractivity contribution is 5.88. The average molecular weight is 383 g/mol. The van der Waals surface area contributed by atoms with E-state index in [9.17, 15) is 9.59 Å². The van der Waals surface area contributed by atoms with Crippen molar-refractivity contribution in [3.63, 3.8) is 0 Å². The number of hydrogen-bond acceptors (Lipinski definition) is 3. The van der Waals surface area contributed by atoms with Crippen LogP contribution in [0.1, 0.15) is 37.0 Å². The third kappa shape index (κ3) is 6.12. The number of amides is 2. The van der Waals surface area contributed by atoms with Crippen LogP contribution in [0.2, 0.25) is 0 Å². The Labute approximate surface area is 167 Å². The van der Waals surface area contributed by atoms with E-state index < -0.39 is 6.04 Å². The van der Waals surface area contributed by atoms with Crippen molar-refractivity contribution in [3.8, 4) is 5.75 Å². The molecule has 1 N–H and O–H groups in total. The molecule has 2 aromatic rings. The molecule has 0 bridgehead atoms. The minimum absolute atomic E-state index is 0.110. The van der Waals surface area contributed by atoms with E-state index in [0.717, 1.165) is 23.1 Å². The first kappa shape index (κ1) is 21.5. The molecule has 0 spiro atoms. The van der Waals surface area contributed by atoms with Crippen molar-refractivity contribution in [1.82, 2.24) is 10.2 Å². The molecule has 5 heteroatoms. The molecule has 0 saturated carbocycles. The van der Waals surface area contributed by atoms with Crippen molar-refractivity contribution in [3.05, 3.63) is 65.2 Å². The summed E-state index contributed by atoms with van der Waals surface area (Å²) >= 11 is 0. The molecule has 28 heavy (non-hydrogen) atoms. The molecule has 0 aromatic heterocycles. The third-order valence-electron chi connectivity index (χ3n) is 4.67. The van der Waals surface area contributed by atoms with E-state index in [-0.39, 0.29) is 18.4 Å². The Balaban J connectivity index is 2.14. The SMILES string of the molecule is CCCNC(=O)[C@@H](C)N(Cc1ccccc1C)C(=O)COc1cccc(C)c1. The molecular formula is C23H30N2O3. The monoisotopic (exact) mass is 382 g/mol. The largest absolute Gasteiger partial charge is 0.484 e. The van der Waals surface area contributed by atoms with Gasteiger partial charge < -0.3 is 15.0 Å². The second-order valence-electron chi connectivity index (χ2n) is 7.02. The Morgan fingerprint density at radius 2 is 1.86 bits per heavy atom. The number of nitrogens with one attached hydrogen (secondary N) is 1. The van der Waals surface area contributed by atoms with Crippen LogP contribution in [0.5, 0.6) is 5.75 Å². The second kappa shape index (κ2) is 10.5. The maximum atomic E-state index is 13.0. The minimum Gasteiger partial charge on any atom is -0.484 e. The number of aryl methyl sites for hydroxylation is 2. The summed E-state index contributed by atoms with van der Waals surface area (Å²) < 4.78 is 5.69. The molecule has 1 atom stereocenters. The summed E-state index contributed by atoms with van der Waals surface area (Å²) in [6, 6.07) is 14.9. The topological polar surface area (TPSA) is 58.6 Å². The zero-order valence-corrected chi connectivity index (χ0v) is 17.2. The van der Waals surface area contributed by atoms with Crippen LogP contribution >= 0.6 is 0 Å². The first-order valence-corrected chi connectivity index (χ1v) is 9.73. The molecule has 0 fully saturated rings. The Morgan fingerprint density at radius 3 is 2.54 bits per heavy atom. The van der Waals surface area contributed by atoms with Crippen LogP contribution in [0.3, 0.4) is 0 Å². The van der Waals surface area contributed by atoms with Gasteiger partial charge in [-0.15, -0.1) is 0 Å². The predicted molar refractivity (Wildman–Crippen MR) is 111 cm³/mol. The van der Waals surface area contributed by atoms with Gasteiger partial charge in [0.1, 0.15) is 11.8 Å². The number of nitrogens with zero attached hydrogens (tertiary/aromatic N) is 1. The lowest BCUT2D eigenvalue weighted by Gasteiger charge is -2.29. The Morgan fingerprint density at radius 1 is 1.11 bits per heavy atom. The number of benzene rings is 2. The molecule has 0 saturated heterocycles. The van der Waals surface area contributed by atoms with Crippen LogP contribution in [0.15, 0.2) is 48.5 Å². The predicted octanol–water partition coefficient (Wildman–Crippen LogP) is 3.63. The summed E-state index contributed by atoms with van der Waals surface area (Å²) in [7, 11) is 0. The highest BCUT2D eigenvalue weighted by Gasteiger charge is 2.26. The molecule has 0 unspecified atom stereocenters. The van der Waals surface area contributed by atoms with E-state index in [1.165, 1.54) is 0 Å². The lowest BCUT2D eigenvalue weighted by Crippen LogP contribution is -2.49. The standard InChI is InChI=1S/C23H30N2O3/c1-5-13-24-23(27)19(4)25(15-20-11-7-6-10-18(20)3)22(26)16-28-21-12-8-9-17(2)14-21/h6-12,14,19H,5,13,15-16H2,1-4H3,(H,24,27)/t19-/m1/s1. The fraction of sp³-hybridized carbons (Fsp3) is 0.391. The maximum absolute atomic E-state index is 13.0. The van der Waals surface area contributed by atoms with Gasteiger partial charge in [-0.2, -0.15) is 0 Å². The quantitative estimate of drug-likeness (QED) is 0.721. The van der Waals surface area contributed by atoms with Crippen molar-refractivity contribution in [2.24, 2.45) is 0 Å². The van der Waals surface area contributed by atoms with Gasteiger partial charge in [0.25, 0.3) is 5.91 Å². The number of carbonyl (C=O) groups excluding carboxylic acids is 2. The second-order valence-corrected chi connectivity index (χ2v) is 7.02. The van der Waals surface area contributed by atoms with Crippen molar-refractivity contribution >= 4 is 11.8 Å². The Hall–Kier alpha value is -2.82. The van der Waals surface area contributed by atoms with E-state index in [1.54, 1.807) is 11.8 Å². The molecule has 0 aliphatic heterocycles. The van der Waals surface area contributed by atoms with Crippen LogP contribution in [0.4, 0.5) is 0 Å². The molecule has 0 aliphatic rings. The molecule has 2 aromatic carbocycles. The molecule has 0 heterocycles. The summed E-state index contributed by atoms with van der Waals surface area (Å²) in [4.78, 5) is 27.0. The third-order valence-corrected chi connectivity index (χ3v) is 4.67. The summed E-state index contributed by atoms with van der Waals surface area (Å²) in [5.41, 5.74) is 3.16. The number of ether oxygens (including phenoxy) is 1. The zero-order valence-electron chi connectivity index (χ0n) is 17.2. The van der Waals surface area contributed by atoms with Gasteiger partial charge in [-0.05, 0) is 56.0 Å². The maximum Gasteiger partial charge on any atom is 0.261 e. The van der Waals surface area contributed by atoms with Gasteiger partial charge in [-0.1, -0.05) is 43.3 Å². The highest BCUT2D eigenvalue weighted by Crippen LogP contribution is 2.16. The molecule has 150 valence electrons. The molecule has 5 nitrogen and oxygen atoms in total. The highest BCUT2D eigenvalue weighted by atomic mass is 16.5. The smallest absolute Gasteiger partial charge is 0.261 e. The fourth-order valence-corrected chi connectivity index (χ4v) is 2.88. The van der Waals surface area contributed by atoms with Crippen molar-refractivity contribution in [2.75, 3.05) is 13.2 Å². The lowest BCUT2D eigenvalue weighted by atomic mass is 10.1. The van der Waals surface area contributed by atoms with Crippen molar-refractivity contribution in [2.45, 2.75) is 46.7 Å². The lowest BCUT2D eigenvalue weighted by molar-refractivity contribution is -0.142. The van der Waals surface area contributed by atoms with E-state index in [0.29, 0.717) is 18.8 Å². The van der Waals surface area contributed by atoms with Gasteiger partial charge >= 0.3 is 0 Å². The fourth-order valence-electron chi connectivity index (χ4n) is 2.88. The Kier molecular flexibility index (Phi) is 8.05. The number of rotatable bonds is 9. The number of carbonyl (C=O) groups is 2. The Bertz CT molecular complexity index is 804. The summed E-state index contributed by atoms with van der Waals surface area (Å²) in [5, 5.41) is 2.88. The first-order chi connectivity index (χ1) is 13.4. The molecular weight excluding hydrogens is 352 g/mol. The summed E-state index contributed by atoms with van der Waals surface area (Å²) in [6.07, 6.45) is 0.848. The normalized spacial score (nSPS) is 11.6. The van der Waals surface area contributed by atoms with Crippen LogP contribution in [-0.2, 0) is 16.1 Å². The molecule has 2 rings (SSSR count). The van der Waals surface area contributed by atoms with Gasteiger partial charge in [0.2, 0.25) is 5.91 Å². The average Bonchev–Trinajstić information content (AvgIpc) is 2.69. The summed E-state index contributed by atoms with van der Waals surface area (Å²) in [5.74, 6) is 0.274.